The van der Waals surface area contributed by atoms with E-state index < -0.39 is 0 Å². The molecule has 0 bridgehead atoms. The predicted octanol–water partition coefficient (Wildman–Crippen LogP) is 2.37. The number of amidine groups is 2. The van der Waals surface area contributed by atoms with Crippen LogP contribution in [0.25, 0.3) is 0 Å². The minimum atomic E-state index is 0. The molecule has 0 aliphatic carbocycles. The number of piperidine rings is 1. The van der Waals surface area contributed by atoms with Crippen LogP contribution in [0, 0.1) is 0 Å². The maximum Gasteiger partial charge on any atom is 2.00 e. The molecule has 0 aromatic carbocycles. The SMILES string of the molecule is CCN=C([S-])N/N=C(/C(C)=N/NC([S-])=NCC)c1ccc(CN2CCCCC2)o1.[Cu+2]. The van der Waals surface area contributed by atoms with Crippen LogP contribution >= 0.6 is 0 Å². The van der Waals surface area contributed by atoms with Crippen molar-refractivity contribution >= 4 is 47.0 Å². The van der Waals surface area contributed by atoms with Crippen molar-refractivity contribution in [1.29, 1.82) is 0 Å². The summed E-state index contributed by atoms with van der Waals surface area (Å²) in [6, 6.07) is 3.87. The molecule has 0 saturated carbocycles. The van der Waals surface area contributed by atoms with Gasteiger partial charge in [-0.2, -0.15) is 10.2 Å². The number of hydrogen-bond donors (Lipinski definition) is 2. The van der Waals surface area contributed by atoms with Gasteiger partial charge in [-0.1, -0.05) is 6.42 Å². The van der Waals surface area contributed by atoms with Crippen LogP contribution in [0.1, 0.15) is 51.6 Å². The fourth-order valence-electron chi connectivity index (χ4n) is 2.89. The van der Waals surface area contributed by atoms with Gasteiger partial charge in [0.25, 0.3) is 0 Å². The summed E-state index contributed by atoms with van der Waals surface area (Å²) in [5, 5.41) is 9.29. The molecule has 1 aromatic rings. The van der Waals surface area contributed by atoms with E-state index in [1.807, 2.05) is 32.9 Å². The number of likely N-dealkylation sites (tertiary alicyclic amines) is 1. The molecule has 1 aromatic heterocycles. The molecule has 2 heterocycles. The van der Waals surface area contributed by atoms with Crippen molar-refractivity contribution in [1.82, 2.24) is 15.8 Å². The summed E-state index contributed by atoms with van der Waals surface area (Å²) in [4.78, 5) is 10.6. The van der Waals surface area contributed by atoms with Crippen molar-refractivity contribution in [2.75, 3.05) is 26.2 Å². The van der Waals surface area contributed by atoms with Gasteiger partial charge in [-0.25, -0.2) is 0 Å². The summed E-state index contributed by atoms with van der Waals surface area (Å²) >= 11 is 10.3. The van der Waals surface area contributed by atoms with Crippen molar-refractivity contribution in [3.05, 3.63) is 23.7 Å². The van der Waals surface area contributed by atoms with Gasteiger partial charge in [0.05, 0.1) is 12.3 Å². The van der Waals surface area contributed by atoms with E-state index in [0.717, 1.165) is 25.4 Å². The van der Waals surface area contributed by atoms with Crippen molar-refractivity contribution in [2.45, 2.75) is 46.6 Å². The van der Waals surface area contributed by atoms with Crippen molar-refractivity contribution < 1.29 is 21.5 Å². The number of hydrazone groups is 2. The minimum Gasteiger partial charge on any atom is -0.741 e. The Labute approximate surface area is 200 Å². The number of aliphatic imine (C=N–C) groups is 2. The summed E-state index contributed by atoms with van der Waals surface area (Å²) in [5.74, 6) is 1.50. The second-order valence-electron chi connectivity index (χ2n) is 6.54. The third kappa shape index (κ3) is 9.09. The predicted molar refractivity (Wildman–Crippen MR) is 124 cm³/mol. The Morgan fingerprint density at radius 3 is 2.20 bits per heavy atom. The molecule has 0 unspecified atom stereocenters. The maximum absolute atomic E-state index is 6.07. The molecular weight excluding hydrogens is 470 g/mol. The Morgan fingerprint density at radius 1 is 1.00 bits per heavy atom. The number of furan rings is 1. The summed E-state index contributed by atoms with van der Waals surface area (Å²) in [7, 11) is 0. The molecule has 2 N–H and O–H groups in total. The van der Waals surface area contributed by atoms with E-state index in [1.54, 1.807) is 0 Å². The van der Waals surface area contributed by atoms with Crippen LogP contribution in [0.3, 0.4) is 0 Å². The number of hydrogen-bond acceptors (Lipinski definition) is 8. The number of rotatable bonds is 8. The Morgan fingerprint density at radius 2 is 1.60 bits per heavy atom. The molecule has 1 saturated heterocycles. The van der Waals surface area contributed by atoms with Gasteiger partial charge in [-0.05, 0) is 69.2 Å². The Kier molecular flexibility index (Phi) is 12.8. The van der Waals surface area contributed by atoms with E-state index in [2.05, 4.69) is 35.9 Å². The van der Waals surface area contributed by atoms with Gasteiger partial charge in [0, 0.05) is 13.1 Å². The van der Waals surface area contributed by atoms with Gasteiger partial charge in [-0.15, -0.1) is 0 Å². The first-order valence-corrected chi connectivity index (χ1v) is 10.7. The average Bonchev–Trinajstić information content (AvgIpc) is 3.16. The first-order valence-electron chi connectivity index (χ1n) is 9.92. The van der Waals surface area contributed by atoms with Gasteiger partial charge < -0.3 is 29.7 Å². The van der Waals surface area contributed by atoms with Crippen molar-refractivity contribution in [3.8, 4) is 0 Å². The molecule has 1 aliphatic heterocycles. The van der Waals surface area contributed by atoms with E-state index in [1.165, 1.54) is 19.3 Å². The fraction of sp³-hybridized carbons (Fsp3) is 0.579. The summed E-state index contributed by atoms with van der Waals surface area (Å²) in [6.07, 6.45) is 3.78. The Balaban J connectivity index is 0.00000450. The molecule has 11 heteroatoms. The quantitative estimate of drug-likeness (QED) is 0.188. The van der Waals surface area contributed by atoms with Gasteiger partial charge in [0.15, 0.2) is 5.76 Å². The molecule has 30 heavy (non-hydrogen) atoms. The molecule has 0 amide bonds. The largest absolute Gasteiger partial charge is 2.00 e. The van der Waals surface area contributed by atoms with Crippen LogP contribution in [0.4, 0.5) is 0 Å². The molecular formula is C19H29CuN7OS2. The third-order valence-electron chi connectivity index (χ3n) is 4.25. The van der Waals surface area contributed by atoms with E-state index in [-0.39, 0.29) is 17.1 Å². The molecule has 0 spiro atoms. The number of nitrogens with one attached hydrogen (secondary N) is 2. The molecule has 0 atom stereocenters. The second kappa shape index (κ2) is 14.5. The summed E-state index contributed by atoms with van der Waals surface area (Å²) < 4.78 is 6.07. The van der Waals surface area contributed by atoms with E-state index in [4.69, 9.17) is 29.7 Å². The molecule has 169 valence electrons. The van der Waals surface area contributed by atoms with Gasteiger partial charge in [0.1, 0.15) is 11.5 Å². The molecule has 2 rings (SSSR count). The average molecular weight is 499 g/mol. The van der Waals surface area contributed by atoms with E-state index in [0.29, 0.717) is 40.6 Å². The van der Waals surface area contributed by atoms with E-state index in [9.17, 15) is 0 Å². The van der Waals surface area contributed by atoms with Crippen LogP contribution in [-0.2, 0) is 48.9 Å². The summed E-state index contributed by atoms with van der Waals surface area (Å²) in [5.41, 5.74) is 6.65. The zero-order valence-electron chi connectivity index (χ0n) is 17.6. The maximum atomic E-state index is 6.07. The van der Waals surface area contributed by atoms with Gasteiger partial charge in [0.2, 0.25) is 0 Å². The van der Waals surface area contributed by atoms with Crippen LogP contribution in [0.2, 0.25) is 0 Å². The first-order chi connectivity index (χ1) is 14.0. The number of nitrogens with zero attached hydrogens (tertiary/aromatic N) is 5. The van der Waals surface area contributed by atoms with Crippen molar-refractivity contribution in [2.24, 2.45) is 20.2 Å². The summed E-state index contributed by atoms with van der Waals surface area (Å²) in [6.45, 7) is 9.81. The van der Waals surface area contributed by atoms with Gasteiger partial charge in [-0.3, -0.25) is 25.7 Å². The molecule has 1 radical (unpaired) electrons. The van der Waals surface area contributed by atoms with Crippen molar-refractivity contribution in [3.63, 3.8) is 0 Å². The molecule has 1 aliphatic rings. The van der Waals surface area contributed by atoms with Crippen LogP contribution in [-0.4, -0.2) is 52.8 Å². The standard InChI is InChI=1S/C19H31N7OS2.Cu/c1-4-20-18(28)24-22-14(3)17(23-25-19(29)21-5-2)16-10-9-15(27-16)13-26-11-7-6-8-12-26;/h9-10H,4-8,11-13H2,1-3H3,(H2,20,24,28)(H2,21,25,29);/q;+2/p-2/b22-14+,23-17-;. The molecule has 1 fully saturated rings. The van der Waals surface area contributed by atoms with Gasteiger partial charge >= 0.3 is 17.1 Å². The van der Waals surface area contributed by atoms with E-state index >= 15 is 0 Å². The second-order valence-corrected chi connectivity index (χ2v) is 7.32. The van der Waals surface area contributed by atoms with Crippen LogP contribution in [0.15, 0.2) is 36.7 Å². The van der Waals surface area contributed by atoms with Crippen LogP contribution < -0.4 is 10.9 Å². The zero-order chi connectivity index (χ0) is 21.1. The zero-order valence-corrected chi connectivity index (χ0v) is 20.1. The topological polar surface area (TPSA) is 89.9 Å². The molecule has 8 nitrogen and oxygen atoms in total. The normalized spacial score (nSPS) is 16.9. The minimum absolute atomic E-state index is 0. The Bertz CT molecular complexity index is 771. The smallest absolute Gasteiger partial charge is 0.741 e. The fourth-order valence-corrected chi connectivity index (χ4v) is 3.24. The third-order valence-corrected chi connectivity index (χ3v) is 4.69. The first kappa shape index (κ1) is 26.5. The monoisotopic (exact) mass is 498 g/mol. The Hall–Kier alpha value is -1.52. The van der Waals surface area contributed by atoms with Crippen LogP contribution in [0.5, 0.6) is 0 Å².